The number of amides is 2. The van der Waals surface area contributed by atoms with E-state index in [2.05, 4.69) is 24.5 Å². The van der Waals surface area contributed by atoms with Gasteiger partial charge in [0.15, 0.2) is 0 Å². The molecule has 3 aromatic rings. The van der Waals surface area contributed by atoms with Gasteiger partial charge in [-0.25, -0.2) is 8.78 Å². The second-order valence-electron chi connectivity index (χ2n) is 13.9. The summed E-state index contributed by atoms with van der Waals surface area (Å²) < 4.78 is 50.9. The average Bonchev–Trinajstić information content (AvgIpc) is 3.06. The standard InChI is InChI=1S/C39H53F2N3O6S/c1-6-11-44(12-7-2)39(48)30-15-25(5)14-29(19-30)38(47)43-34(18-26-16-31(40)21-32(41)17-26)35(46)22-42-37-33-20-27(24(3)4)8-9-28(33)23-51(49,50)36(37)10-13-45/h8-9,14-17,19-21,24,34-37,42,45-46,49-50H,6-7,10-13,18,22-23H2,1-5H3,(H,43,47)/t34-,35+,36-,37+/m0/s1. The van der Waals surface area contributed by atoms with E-state index in [1.165, 1.54) is 6.07 Å². The Labute approximate surface area is 301 Å². The quantitative estimate of drug-likeness (QED) is 0.0963. The molecule has 9 nitrogen and oxygen atoms in total. The van der Waals surface area contributed by atoms with Gasteiger partial charge in [-0.1, -0.05) is 45.9 Å². The smallest absolute Gasteiger partial charge is 0.253 e. The van der Waals surface area contributed by atoms with Gasteiger partial charge in [0.2, 0.25) is 0 Å². The first-order chi connectivity index (χ1) is 24.2. The van der Waals surface area contributed by atoms with Crippen molar-refractivity contribution in [1.29, 1.82) is 0 Å². The van der Waals surface area contributed by atoms with Crippen LogP contribution in [0.2, 0.25) is 0 Å². The topological polar surface area (TPSA) is 142 Å². The van der Waals surface area contributed by atoms with Crippen LogP contribution >= 0.6 is 10.6 Å². The van der Waals surface area contributed by atoms with Gasteiger partial charge >= 0.3 is 0 Å². The lowest BCUT2D eigenvalue weighted by molar-refractivity contribution is 0.0755. The normalized spacial score (nSPS) is 18.5. The van der Waals surface area contributed by atoms with Crippen molar-refractivity contribution in [3.8, 4) is 0 Å². The zero-order chi connectivity index (χ0) is 37.5. The SMILES string of the molecule is CCCN(CCC)C(=O)c1cc(C)cc(C(=O)N[C@@H](Cc2cc(F)cc(F)c2)[C@H](O)CN[C@@H]2c3cc(C(C)C)ccc3CS(O)(O)[C@H]2CCO)c1. The van der Waals surface area contributed by atoms with Gasteiger partial charge in [-0.15, -0.1) is 0 Å². The van der Waals surface area contributed by atoms with Crippen LogP contribution in [0.1, 0.15) is 107 Å². The molecule has 0 aromatic heterocycles. The fourth-order valence-electron chi connectivity index (χ4n) is 6.85. The number of nitrogens with zero attached hydrogens (tertiary/aromatic N) is 1. The van der Waals surface area contributed by atoms with E-state index in [1.54, 1.807) is 24.0 Å². The van der Waals surface area contributed by atoms with Crippen molar-refractivity contribution in [3.05, 3.63) is 105 Å². The van der Waals surface area contributed by atoms with Gasteiger partial charge in [-0.05, 0) is 96.7 Å². The summed E-state index contributed by atoms with van der Waals surface area (Å²) in [5.74, 6) is -2.13. The fraction of sp³-hybridized carbons (Fsp3) is 0.487. The fourth-order valence-corrected chi connectivity index (χ4v) is 8.95. The summed E-state index contributed by atoms with van der Waals surface area (Å²) in [4.78, 5) is 29.0. The van der Waals surface area contributed by atoms with Crippen molar-refractivity contribution < 1.29 is 37.7 Å². The molecule has 0 radical (unpaired) electrons. The Morgan fingerprint density at radius 1 is 0.961 bits per heavy atom. The van der Waals surface area contributed by atoms with Crippen LogP contribution < -0.4 is 10.6 Å². The van der Waals surface area contributed by atoms with Gasteiger partial charge in [0, 0.05) is 43.4 Å². The molecule has 4 atom stereocenters. The maximum absolute atomic E-state index is 14.3. The monoisotopic (exact) mass is 729 g/mol. The third-order valence-corrected chi connectivity index (χ3v) is 11.6. The molecule has 0 unspecified atom stereocenters. The molecule has 1 heterocycles. The van der Waals surface area contributed by atoms with Crippen molar-refractivity contribution in [3.63, 3.8) is 0 Å². The molecule has 0 saturated heterocycles. The van der Waals surface area contributed by atoms with E-state index in [0.29, 0.717) is 24.2 Å². The largest absolute Gasteiger partial charge is 0.396 e. The molecule has 280 valence electrons. The van der Waals surface area contributed by atoms with Crippen molar-refractivity contribution in [2.75, 3.05) is 26.2 Å². The number of benzene rings is 3. The lowest BCUT2D eigenvalue weighted by Crippen LogP contribution is -2.51. The molecule has 1 aliphatic rings. The Balaban J connectivity index is 1.65. The summed E-state index contributed by atoms with van der Waals surface area (Å²) in [6, 6.07) is 12.0. The summed E-state index contributed by atoms with van der Waals surface area (Å²) in [7, 11) is -3.18. The first-order valence-electron chi connectivity index (χ1n) is 17.7. The van der Waals surface area contributed by atoms with Crippen LogP contribution in [0.5, 0.6) is 0 Å². The number of hydrogen-bond donors (Lipinski definition) is 6. The van der Waals surface area contributed by atoms with Crippen molar-refractivity contribution in [2.24, 2.45) is 0 Å². The number of aliphatic hydroxyl groups excluding tert-OH is 2. The molecule has 0 aliphatic carbocycles. The summed E-state index contributed by atoms with van der Waals surface area (Å²) in [5, 5.41) is 26.9. The highest BCUT2D eigenvalue weighted by Crippen LogP contribution is 2.57. The molecule has 2 amide bonds. The Bertz CT molecular complexity index is 1650. The highest BCUT2D eigenvalue weighted by Gasteiger charge is 2.40. The van der Waals surface area contributed by atoms with Crippen LogP contribution in [-0.2, 0) is 12.2 Å². The molecule has 3 aromatic carbocycles. The van der Waals surface area contributed by atoms with Crippen LogP contribution in [0.25, 0.3) is 0 Å². The van der Waals surface area contributed by atoms with E-state index < -0.39 is 51.6 Å². The number of carbonyl (C=O) groups is 2. The first-order valence-corrected chi connectivity index (χ1v) is 19.5. The van der Waals surface area contributed by atoms with E-state index in [9.17, 15) is 37.7 Å². The van der Waals surface area contributed by atoms with Crippen molar-refractivity contribution in [1.82, 2.24) is 15.5 Å². The number of aryl methyl sites for hydroxylation is 1. The highest BCUT2D eigenvalue weighted by molar-refractivity contribution is 8.24. The zero-order valence-electron chi connectivity index (χ0n) is 30.2. The third-order valence-electron chi connectivity index (χ3n) is 9.38. The number of carbonyl (C=O) groups excluding carboxylic acids is 2. The molecule has 0 fully saturated rings. The summed E-state index contributed by atoms with van der Waals surface area (Å²) in [6.07, 6.45) is 0.224. The minimum atomic E-state index is -3.18. The highest BCUT2D eigenvalue weighted by atomic mass is 32.3. The lowest BCUT2D eigenvalue weighted by Gasteiger charge is -2.49. The Hall–Kier alpha value is -3.39. The molecule has 6 N–H and O–H groups in total. The molecule has 0 bridgehead atoms. The number of nitrogens with one attached hydrogen (secondary N) is 2. The second-order valence-corrected chi connectivity index (χ2v) is 16.2. The van der Waals surface area contributed by atoms with E-state index >= 15 is 0 Å². The maximum atomic E-state index is 14.3. The van der Waals surface area contributed by atoms with Crippen LogP contribution in [-0.4, -0.2) is 79.7 Å². The van der Waals surface area contributed by atoms with Gasteiger partial charge < -0.3 is 25.7 Å². The van der Waals surface area contributed by atoms with E-state index in [4.69, 9.17) is 0 Å². The molecule has 51 heavy (non-hydrogen) atoms. The van der Waals surface area contributed by atoms with Crippen LogP contribution in [0.4, 0.5) is 8.78 Å². The third kappa shape index (κ3) is 10.4. The van der Waals surface area contributed by atoms with Gasteiger partial charge in [0.1, 0.15) is 11.6 Å². The lowest BCUT2D eigenvalue weighted by atomic mass is 9.91. The van der Waals surface area contributed by atoms with Crippen molar-refractivity contribution >= 4 is 22.4 Å². The maximum Gasteiger partial charge on any atom is 0.253 e. The number of aliphatic hydroxyl groups is 2. The summed E-state index contributed by atoms with van der Waals surface area (Å²) >= 11 is 0. The van der Waals surface area contributed by atoms with Gasteiger partial charge in [-0.2, -0.15) is 10.6 Å². The van der Waals surface area contributed by atoms with E-state index in [1.807, 2.05) is 32.0 Å². The molecular weight excluding hydrogens is 677 g/mol. The minimum absolute atomic E-state index is 0.0472. The van der Waals surface area contributed by atoms with Crippen LogP contribution in [0.3, 0.4) is 0 Å². The van der Waals surface area contributed by atoms with Gasteiger partial charge in [-0.3, -0.25) is 18.7 Å². The number of halogens is 2. The van der Waals surface area contributed by atoms with Gasteiger partial charge in [0.05, 0.1) is 29.2 Å². The predicted molar refractivity (Wildman–Crippen MR) is 198 cm³/mol. The second kappa shape index (κ2) is 17.9. The predicted octanol–water partition coefficient (Wildman–Crippen LogP) is 6.71. The molecule has 4 rings (SSSR count). The molecule has 0 saturated carbocycles. The van der Waals surface area contributed by atoms with Crippen LogP contribution in [0.15, 0.2) is 54.6 Å². The molecule has 12 heteroatoms. The van der Waals surface area contributed by atoms with E-state index in [0.717, 1.165) is 47.7 Å². The summed E-state index contributed by atoms with van der Waals surface area (Å²) in [5.41, 5.74) is 4.09. The summed E-state index contributed by atoms with van der Waals surface area (Å²) in [6.45, 7) is 10.6. The Kier molecular flexibility index (Phi) is 14.2. The number of fused-ring (bicyclic) bond motifs is 1. The molecule has 0 spiro atoms. The van der Waals surface area contributed by atoms with Crippen LogP contribution in [0, 0.1) is 18.6 Å². The zero-order valence-corrected chi connectivity index (χ0v) is 31.0. The number of rotatable bonds is 16. The van der Waals surface area contributed by atoms with Gasteiger partial charge in [0.25, 0.3) is 11.8 Å². The van der Waals surface area contributed by atoms with Crippen molar-refractivity contribution in [2.45, 2.75) is 95.4 Å². The Morgan fingerprint density at radius 2 is 1.61 bits per heavy atom. The average molecular weight is 730 g/mol. The number of hydrogen-bond acceptors (Lipinski definition) is 7. The molecular formula is C39H53F2N3O6S. The first kappa shape index (κ1) is 40.4. The molecule has 1 aliphatic heterocycles. The minimum Gasteiger partial charge on any atom is -0.396 e. The Morgan fingerprint density at radius 3 is 2.22 bits per heavy atom. The van der Waals surface area contributed by atoms with E-state index in [-0.39, 0.29) is 54.7 Å².